The quantitative estimate of drug-likeness (QED) is 0.798. The molecule has 3 nitrogen and oxygen atoms in total. The van der Waals surface area contributed by atoms with Crippen LogP contribution in [-0.2, 0) is 10.5 Å². The molecule has 19 heavy (non-hydrogen) atoms. The number of benzene rings is 1. The minimum Gasteiger partial charge on any atom is -0.494 e. The van der Waals surface area contributed by atoms with Gasteiger partial charge >= 0.3 is 0 Å². The Bertz CT molecular complexity index is 417. The second-order valence-corrected chi connectivity index (χ2v) is 5.51. The van der Waals surface area contributed by atoms with Gasteiger partial charge in [-0.15, -0.1) is 11.8 Å². The van der Waals surface area contributed by atoms with Crippen molar-refractivity contribution in [1.29, 1.82) is 0 Å². The van der Waals surface area contributed by atoms with Crippen LogP contribution in [0.4, 0.5) is 0 Å². The molecule has 0 amide bonds. The smallest absolute Gasteiger partial charge is 0.196 e. The summed E-state index contributed by atoms with van der Waals surface area (Å²) in [6.45, 7) is 6.33. The van der Waals surface area contributed by atoms with Crippen LogP contribution in [0.25, 0.3) is 0 Å². The Morgan fingerprint density at radius 3 is 2.58 bits per heavy atom. The van der Waals surface area contributed by atoms with Crippen molar-refractivity contribution in [2.24, 2.45) is 4.99 Å². The molecule has 0 N–H and O–H groups in total. The number of ether oxygens (including phenoxy) is 2. The lowest BCUT2D eigenvalue weighted by Crippen LogP contribution is -2.16. The largest absolute Gasteiger partial charge is 0.494 e. The van der Waals surface area contributed by atoms with Crippen molar-refractivity contribution in [3.8, 4) is 5.75 Å². The minimum absolute atomic E-state index is 0.423. The number of hydrogen-bond acceptors (Lipinski definition) is 4. The lowest BCUT2D eigenvalue weighted by atomic mass is 10.2. The van der Waals surface area contributed by atoms with Crippen molar-refractivity contribution in [2.45, 2.75) is 31.3 Å². The second-order valence-electron chi connectivity index (χ2n) is 4.32. The lowest BCUT2D eigenvalue weighted by molar-refractivity contribution is 0.322. The Balaban J connectivity index is 1.83. The summed E-state index contributed by atoms with van der Waals surface area (Å²) in [6.07, 6.45) is 1.09. The van der Waals surface area contributed by atoms with Crippen LogP contribution in [0.1, 0.15) is 25.8 Å². The van der Waals surface area contributed by atoms with Gasteiger partial charge in [-0.2, -0.15) is 0 Å². The van der Waals surface area contributed by atoms with Gasteiger partial charge in [0.1, 0.15) is 5.75 Å². The second kappa shape index (κ2) is 7.43. The average molecular weight is 279 g/mol. The Kier molecular flexibility index (Phi) is 5.58. The Morgan fingerprint density at radius 1 is 1.16 bits per heavy atom. The summed E-state index contributed by atoms with van der Waals surface area (Å²) in [4.78, 5) is 4.41. The molecule has 1 aromatic rings. The van der Waals surface area contributed by atoms with E-state index in [0.29, 0.717) is 18.5 Å². The van der Waals surface area contributed by atoms with Gasteiger partial charge in [-0.1, -0.05) is 12.1 Å². The molecule has 0 saturated carbocycles. The van der Waals surface area contributed by atoms with Gasteiger partial charge in [0.05, 0.1) is 18.5 Å². The fourth-order valence-electron chi connectivity index (χ4n) is 2.00. The first-order valence-corrected chi connectivity index (χ1v) is 7.88. The van der Waals surface area contributed by atoms with E-state index in [-0.39, 0.29) is 0 Å². The molecule has 1 heterocycles. The molecule has 0 aliphatic carbocycles. The van der Waals surface area contributed by atoms with E-state index in [2.05, 4.69) is 17.1 Å². The van der Waals surface area contributed by atoms with Crippen LogP contribution < -0.4 is 4.74 Å². The number of thioether (sulfide) groups is 1. The third kappa shape index (κ3) is 4.16. The fourth-order valence-corrected chi connectivity index (χ4v) is 3.15. The molecule has 0 spiro atoms. The molecule has 0 radical (unpaired) electrons. The van der Waals surface area contributed by atoms with Gasteiger partial charge in [-0.25, -0.2) is 0 Å². The molecule has 0 fully saturated rings. The molecule has 2 rings (SSSR count). The topological polar surface area (TPSA) is 30.8 Å². The highest BCUT2D eigenvalue weighted by molar-refractivity contribution is 7.99. The predicted octanol–water partition coefficient (Wildman–Crippen LogP) is 3.53. The van der Waals surface area contributed by atoms with Crippen LogP contribution in [0.5, 0.6) is 5.75 Å². The number of rotatable bonds is 6. The molecule has 0 saturated heterocycles. The van der Waals surface area contributed by atoms with E-state index < -0.39 is 0 Å². The zero-order valence-corrected chi connectivity index (χ0v) is 12.4. The third-order valence-electron chi connectivity index (χ3n) is 2.91. The average Bonchev–Trinajstić information content (AvgIpc) is 2.86. The maximum absolute atomic E-state index is 5.56. The summed E-state index contributed by atoms with van der Waals surface area (Å²) in [7, 11) is 0. The van der Waals surface area contributed by atoms with Gasteiger partial charge in [0.2, 0.25) is 0 Å². The normalized spacial score (nSPS) is 18.2. The maximum atomic E-state index is 5.56. The fraction of sp³-hybridized carbons (Fsp3) is 0.533. The zero-order chi connectivity index (χ0) is 13.5. The summed E-state index contributed by atoms with van der Waals surface area (Å²) < 4.78 is 11.0. The zero-order valence-electron chi connectivity index (χ0n) is 11.6. The molecular formula is C15H21NO2S. The van der Waals surface area contributed by atoms with Gasteiger partial charge < -0.3 is 9.47 Å². The minimum atomic E-state index is 0.423. The van der Waals surface area contributed by atoms with E-state index in [1.54, 1.807) is 0 Å². The predicted molar refractivity (Wildman–Crippen MR) is 81.2 cm³/mol. The Hall–Kier alpha value is -1.16. The molecule has 1 unspecified atom stereocenters. The van der Waals surface area contributed by atoms with Crippen molar-refractivity contribution < 1.29 is 9.47 Å². The molecule has 4 heteroatoms. The molecule has 0 aromatic heterocycles. The van der Waals surface area contributed by atoms with Crippen LogP contribution in [-0.4, -0.2) is 30.9 Å². The van der Waals surface area contributed by atoms with Crippen LogP contribution in [0.3, 0.4) is 0 Å². The summed E-state index contributed by atoms with van der Waals surface area (Å²) in [5.41, 5.74) is 1.32. The summed E-state index contributed by atoms with van der Waals surface area (Å²) in [6, 6.07) is 8.33. The van der Waals surface area contributed by atoms with Crippen molar-refractivity contribution in [3.63, 3.8) is 0 Å². The number of nitrogens with zero attached hydrogens (tertiary/aromatic N) is 1. The van der Waals surface area contributed by atoms with Crippen molar-refractivity contribution in [3.05, 3.63) is 29.8 Å². The maximum Gasteiger partial charge on any atom is 0.196 e. The van der Waals surface area contributed by atoms with Gasteiger partial charge in [0.25, 0.3) is 0 Å². The number of hydrogen-bond donors (Lipinski definition) is 0. The molecule has 1 aliphatic rings. The molecule has 0 bridgehead atoms. The monoisotopic (exact) mass is 279 g/mol. The Morgan fingerprint density at radius 2 is 1.89 bits per heavy atom. The third-order valence-corrected chi connectivity index (χ3v) is 4.25. The highest BCUT2D eigenvalue weighted by atomic mass is 32.2. The van der Waals surface area contributed by atoms with E-state index in [9.17, 15) is 0 Å². The van der Waals surface area contributed by atoms with Crippen LogP contribution >= 0.6 is 11.8 Å². The van der Waals surface area contributed by atoms with E-state index in [0.717, 1.165) is 30.4 Å². The molecule has 1 aromatic carbocycles. The van der Waals surface area contributed by atoms with E-state index in [4.69, 9.17) is 9.47 Å². The van der Waals surface area contributed by atoms with Gasteiger partial charge in [-0.05, 0) is 38.0 Å². The van der Waals surface area contributed by atoms with Gasteiger partial charge in [-0.3, -0.25) is 4.99 Å². The first-order valence-electron chi connectivity index (χ1n) is 6.84. The highest BCUT2D eigenvalue weighted by Crippen LogP contribution is 2.26. The van der Waals surface area contributed by atoms with Crippen molar-refractivity contribution in [1.82, 2.24) is 0 Å². The lowest BCUT2D eigenvalue weighted by Gasteiger charge is -2.13. The van der Waals surface area contributed by atoms with Crippen LogP contribution in [0, 0.1) is 0 Å². The van der Waals surface area contributed by atoms with Crippen LogP contribution in [0.15, 0.2) is 29.3 Å². The van der Waals surface area contributed by atoms with Crippen LogP contribution in [0.2, 0.25) is 0 Å². The van der Waals surface area contributed by atoms with E-state index >= 15 is 0 Å². The van der Waals surface area contributed by atoms with Crippen molar-refractivity contribution in [2.75, 3.05) is 19.8 Å². The first kappa shape index (κ1) is 14.3. The number of aliphatic imine (C=N–C) groups is 1. The summed E-state index contributed by atoms with van der Waals surface area (Å²) in [5.74, 6) is 2.86. The summed E-state index contributed by atoms with van der Waals surface area (Å²) in [5, 5.41) is 0.423. The first-order chi connectivity index (χ1) is 9.33. The van der Waals surface area contributed by atoms with Gasteiger partial charge in [0, 0.05) is 12.3 Å². The van der Waals surface area contributed by atoms with E-state index in [1.165, 1.54) is 5.56 Å². The molecule has 1 atom stereocenters. The SMILES string of the molecule is CCOC1=NCCC1SCc1ccc(OCC)cc1. The van der Waals surface area contributed by atoms with Crippen molar-refractivity contribution >= 4 is 17.7 Å². The summed E-state index contributed by atoms with van der Waals surface area (Å²) >= 11 is 1.91. The standard InChI is InChI=1S/C15H21NO2S/c1-3-17-13-7-5-12(6-8-13)11-19-14-9-10-16-15(14)18-4-2/h5-8,14H,3-4,9-11H2,1-2H3. The van der Waals surface area contributed by atoms with E-state index in [1.807, 2.05) is 37.7 Å². The van der Waals surface area contributed by atoms with Gasteiger partial charge in [0.15, 0.2) is 5.90 Å². The Labute approximate surface area is 119 Å². The molecular weight excluding hydrogens is 258 g/mol. The molecule has 104 valence electrons. The highest BCUT2D eigenvalue weighted by Gasteiger charge is 2.22. The molecule has 1 aliphatic heterocycles.